The number of aromatic nitrogens is 2. The van der Waals surface area contributed by atoms with Gasteiger partial charge < -0.3 is 9.15 Å². The van der Waals surface area contributed by atoms with Gasteiger partial charge in [0.15, 0.2) is 0 Å². The van der Waals surface area contributed by atoms with Crippen LogP contribution in [0.25, 0.3) is 16.8 Å². The van der Waals surface area contributed by atoms with Crippen molar-refractivity contribution in [2.24, 2.45) is 0 Å². The highest BCUT2D eigenvalue weighted by molar-refractivity contribution is 5.84. The Labute approximate surface area is 132 Å². The molecule has 0 radical (unpaired) electrons. The maximum atomic E-state index is 12.3. The molecule has 0 saturated carbocycles. The van der Waals surface area contributed by atoms with Gasteiger partial charge in [-0.3, -0.25) is 4.79 Å². The van der Waals surface area contributed by atoms with Gasteiger partial charge in [-0.25, -0.2) is 4.79 Å². The molecule has 6 nitrogen and oxygen atoms in total. The third-order valence-corrected chi connectivity index (χ3v) is 3.83. The van der Waals surface area contributed by atoms with E-state index in [1.807, 2.05) is 37.3 Å². The third kappa shape index (κ3) is 2.52. The second-order valence-electron chi connectivity index (χ2n) is 5.26. The lowest BCUT2D eigenvalue weighted by molar-refractivity contribution is -0.139. The molecule has 118 valence electrons. The van der Waals surface area contributed by atoms with E-state index in [2.05, 4.69) is 9.84 Å². The Balaban J connectivity index is 2.27. The Kier molecular flexibility index (Phi) is 3.73. The van der Waals surface area contributed by atoms with Crippen molar-refractivity contribution >= 4 is 17.1 Å². The van der Waals surface area contributed by atoms with Gasteiger partial charge in [-0.2, -0.15) is 9.78 Å². The van der Waals surface area contributed by atoms with Crippen molar-refractivity contribution in [3.8, 4) is 5.69 Å². The fourth-order valence-corrected chi connectivity index (χ4v) is 2.65. The topological polar surface area (TPSA) is 74.3 Å². The highest BCUT2D eigenvalue weighted by Gasteiger charge is 2.20. The van der Waals surface area contributed by atoms with Crippen LogP contribution in [0.4, 0.5) is 0 Å². The number of para-hydroxylation sites is 1. The Bertz CT molecular complexity index is 939. The Morgan fingerprint density at radius 3 is 2.61 bits per heavy atom. The number of esters is 1. The van der Waals surface area contributed by atoms with Crippen LogP contribution in [0.5, 0.6) is 0 Å². The average Bonchev–Trinajstić information content (AvgIpc) is 2.88. The van der Waals surface area contributed by atoms with Crippen LogP contribution in [0.1, 0.15) is 16.8 Å². The number of hydrogen-bond donors (Lipinski definition) is 0. The highest BCUT2D eigenvalue weighted by Crippen LogP contribution is 2.25. The molecule has 1 aromatic carbocycles. The quantitative estimate of drug-likeness (QED) is 0.694. The minimum Gasteiger partial charge on any atom is -0.469 e. The third-order valence-electron chi connectivity index (χ3n) is 3.83. The first-order chi connectivity index (χ1) is 11.0. The fourth-order valence-electron chi connectivity index (χ4n) is 2.65. The van der Waals surface area contributed by atoms with Gasteiger partial charge in [-0.15, -0.1) is 0 Å². The number of benzene rings is 1. The molecule has 2 aromatic heterocycles. The second kappa shape index (κ2) is 5.72. The van der Waals surface area contributed by atoms with Crippen LogP contribution in [0.3, 0.4) is 0 Å². The molecule has 0 atom stereocenters. The van der Waals surface area contributed by atoms with Crippen molar-refractivity contribution in [2.45, 2.75) is 20.3 Å². The molecule has 0 saturated heterocycles. The minimum absolute atomic E-state index is 0.115. The maximum absolute atomic E-state index is 12.3. The zero-order valence-electron chi connectivity index (χ0n) is 13.1. The normalized spacial score (nSPS) is 10.9. The van der Waals surface area contributed by atoms with Crippen LogP contribution in [0, 0.1) is 13.8 Å². The Morgan fingerprint density at radius 1 is 1.26 bits per heavy atom. The standard InChI is InChI=1S/C17H16N2O4/c1-10-13(9-14(20)22-3)17(21)23-16-15(10)11(2)18-19(16)12-7-5-4-6-8-12/h4-8H,9H2,1-3H3. The van der Waals surface area contributed by atoms with E-state index in [0.29, 0.717) is 16.8 Å². The number of carbonyl (C=O) groups is 1. The van der Waals surface area contributed by atoms with Gasteiger partial charge in [0.2, 0.25) is 5.71 Å². The fraction of sp³-hybridized carbons (Fsp3) is 0.235. The molecule has 2 heterocycles. The molecule has 0 bridgehead atoms. The first kappa shape index (κ1) is 15.0. The Hall–Kier alpha value is -2.89. The zero-order valence-corrected chi connectivity index (χ0v) is 13.1. The van der Waals surface area contributed by atoms with Crippen molar-refractivity contribution in [3.05, 3.63) is 57.6 Å². The predicted octanol–water partition coefficient (Wildman–Crippen LogP) is 2.31. The van der Waals surface area contributed by atoms with E-state index in [0.717, 1.165) is 16.8 Å². The van der Waals surface area contributed by atoms with Gasteiger partial charge in [0.1, 0.15) is 0 Å². The summed E-state index contributed by atoms with van der Waals surface area (Å²) in [5, 5.41) is 5.21. The van der Waals surface area contributed by atoms with E-state index in [-0.39, 0.29) is 6.42 Å². The van der Waals surface area contributed by atoms with E-state index in [9.17, 15) is 9.59 Å². The average molecular weight is 312 g/mol. The summed E-state index contributed by atoms with van der Waals surface area (Å²) in [6.45, 7) is 3.64. The molecule has 3 aromatic rings. The van der Waals surface area contributed by atoms with E-state index in [1.54, 1.807) is 11.6 Å². The Morgan fingerprint density at radius 2 is 1.96 bits per heavy atom. The summed E-state index contributed by atoms with van der Waals surface area (Å²) in [6.07, 6.45) is -0.115. The number of methoxy groups -OCH3 is 1. The van der Waals surface area contributed by atoms with Crippen molar-refractivity contribution < 1.29 is 13.9 Å². The molecular formula is C17H16N2O4. The number of aryl methyl sites for hydroxylation is 2. The van der Waals surface area contributed by atoms with Gasteiger partial charge in [0, 0.05) is 0 Å². The molecule has 0 fully saturated rings. The lowest BCUT2D eigenvalue weighted by Gasteiger charge is -2.06. The second-order valence-corrected chi connectivity index (χ2v) is 5.26. The van der Waals surface area contributed by atoms with Crippen LogP contribution in [-0.4, -0.2) is 22.9 Å². The van der Waals surface area contributed by atoms with Crippen LogP contribution in [-0.2, 0) is 16.0 Å². The number of ether oxygens (including phenoxy) is 1. The first-order valence-electron chi connectivity index (χ1n) is 7.17. The lowest BCUT2D eigenvalue weighted by Crippen LogP contribution is -2.16. The van der Waals surface area contributed by atoms with E-state index in [1.165, 1.54) is 7.11 Å². The van der Waals surface area contributed by atoms with Crippen molar-refractivity contribution in [2.75, 3.05) is 7.11 Å². The first-order valence-corrected chi connectivity index (χ1v) is 7.17. The summed E-state index contributed by atoms with van der Waals surface area (Å²) >= 11 is 0. The molecule has 6 heteroatoms. The largest absolute Gasteiger partial charge is 0.469 e. The van der Waals surface area contributed by atoms with Gasteiger partial charge >= 0.3 is 11.6 Å². The summed E-state index contributed by atoms with van der Waals surface area (Å²) in [4.78, 5) is 23.8. The van der Waals surface area contributed by atoms with Crippen molar-refractivity contribution in [1.82, 2.24) is 9.78 Å². The van der Waals surface area contributed by atoms with E-state index in [4.69, 9.17) is 4.42 Å². The summed E-state index contributed by atoms with van der Waals surface area (Å²) in [6, 6.07) is 9.43. The van der Waals surface area contributed by atoms with Crippen LogP contribution in [0.2, 0.25) is 0 Å². The number of hydrogen-bond acceptors (Lipinski definition) is 5. The molecule has 0 aliphatic rings. The summed E-state index contributed by atoms with van der Waals surface area (Å²) in [7, 11) is 1.29. The maximum Gasteiger partial charge on any atom is 0.341 e. The minimum atomic E-state index is -0.544. The molecule has 23 heavy (non-hydrogen) atoms. The van der Waals surface area contributed by atoms with Crippen molar-refractivity contribution in [1.29, 1.82) is 0 Å². The number of fused-ring (bicyclic) bond motifs is 1. The van der Waals surface area contributed by atoms with Gasteiger partial charge in [0.05, 0.1) is 35.9 Å². The summed E-state index contributed by atoms with van der Waals surface area (Å²) in [5.74, 6) is -0.479. The number of carbonyl (C=O) groups excluding carboxylic acids is 1. The molecule has 0 unspecified atom stereocenters. The molecule has 0 aliphatic heterocycles. The smallest absolute Gasteiger partial charge is 0.341 e. The highest BCUT2D eigenvalue weighted by atomic mass is 16.5. The zero-order chi connectivity index (χ0) is 16.6. The molecule has 0 N–H and O–H groups in total. The molecule has 0 spiro atoms. The molecule has 0 amide bonds. The van der Waals surface area contributed by atoms with E-state index >= 15 is 0 Å². The van der Waals surface area contributed by atoms with Gasteiger partial charge in [0.25, 0.3) is 0 Å². The molecule has 3 rings (SSSR count). The van der Waals surface area contributed by atoms with Crippen molar-refractivity contribution in [3.63, 3.8) is 0 Å². The number of rotatable bonds is 3. The van der Waals surface area contributed by atoms with E-state index < -0.39 is 11.6 Å². The molecule has 0 aliphatic carbocycles. The summed E-state index contributed by atoms with van der Waals surface area (Å²) < 4.78 is 11.7. The SMILES string of the molecule is COC(=O)Cc1c(C)c2c(C)nn(-c3ccccc3)c2oc1=O. The molecular weight excluding hydrogens is 296 g/mol. The number of nitrogens with zero attached hydrogens (tertiary/aromatic N) is 2. The monoisotopic (exact) mass is 312 g/mol. The predicted molar refractivity (Wildman–Crippen MR) is 84.8 cm³/mol. The van der Waals surface area contributed by atoms with Gasteiger partial charge in [-0.05, 0) is 31.5 Å². The lowest BCUT2D eigenvalue weighted by atomic mass is 10.1. The van der Waals surface area contributed by atoms with Gasteiger partial charge in [-0.1, -0.05) is 18.2 Å². The summed E-state index contributed by atoms with van der Waals surface area (Å²) in [5.41, 5.74) is 2.37. The van der Waals surface area contributed by atoms with Crippen LogP contribution >= 0.6 is 0 Å². The van der Waals surface area contributed by atoms with Crippen LogP contribution in [0.15, 0.2) is 39.5 Å². The van der Waals surface area contributed by atoms with Crippen LogP contribution < -0.4 is 5.63 Å².